The molecule has 0 fully saturated rings. The fourth-order valence-electron chi connectivity index (χ4n) is 2.41. The largest absolute Gasteiger partial charge is 0.345 e. The van der Waals surface area contributed by atoms with Gasteiger partial charge in [0.05, 0.1) is 16.6 Å². The van der Waals surface area contributed by atoms with E-state index in [4.69, 9.17) is 0 Å². The van der Waals surface area contributed by atoms with Crippen LogP contribution in [0.15, 0.2) is 24.4 Å². The van der Waals surface area contributed by atoms with Crippen LogP contribution in [0, 0.1) is 24.1 Å². The SMILES string of the molecule is CCc1nc(-c2ccc(F)cc2C)c2c(C#N)c[nH]c2n1. The number of hydrogen-bond acceptors (Lipinski definition) is 3. The Morgan fingerprint density at radius 2 is 2.14 bits per heavy atom. The Morgan fingerprint density at radius 1 is 1.33 bits per heavy atom. The molecule has 2 aromatic heterocycles. The Morgan fingerprint density at radius 3 is 2.81 bits per heavy atom. The molecule has 104 valence electrons. The van der Waals surface area contributed by atoms with Crippen LogP contribution in [0.4, 0.5) is 4.39 Å². The van der Waals surface area contributed by atoms with Crippen LogP contribution in [-0.2, 0) is 6.42 Å². The number of aromatic amines is 1. The average molecular weight is 280 g/mol. The van der Waals surface area contributed by atoms with Gasteiger partial charge in [0, 0.05) is 18.2 Å². The van der Waals surface area contributed by atoms with E-state index in [1.807, 2.05) is 13.8 Å². The van der Waals surface area contributed by atoms with Crippen molar-refractivity contribution in [3.8, 4) is 17.3 Å². The zero-order valence-electron chi connectivity index (χ0n) is 11.7. The van der Waals surface area contributed by atoms with Crippen molar-refractivity contribution in [2.75, 3.05) is 0 Å². The third-order valence-corrected chi connectivity index (χ3v) is 3.46. The minimum absolute atomic E-state index is 0.285. The van der Waals surface area contributed by atoms with Crippen LogP contribution in [0.3, 0.4) is 0 Å². The Hall–Kier alpha value is -2.74. The molecular formula is C16H13FN4. The first kappa shape index (κ1) is 13.3. The van der Waals surface area contributed by atoms with Crippen molar-refractivity contribution >= 4 is 11.0 Å². The van der Waals surface area contributed by atoms with Gasteiger partial charge in [0.15, 0.2) is 0 Å². The number of aryl methyl sites for hydroxylation is 2. The molecule has 3 rings (SSSR count). The van der Waals surface area contributed by atoms with Crippen LogP contribution in [0.25, 0.3) is 22.3 Å². The number of hydrogen-bond donors (Lipinski definition) is 1. The van der Waals surface area contributed by atoms with Gasteiger partial charge >= 0.3 is 0 Å². The summed E-state index contributed by atoms with van der Waals surface area (Å²) in [5, 5.41) is 9.93. The first-order valence-corrected chi connectivity index (χ1v) is 6.68. The van der Waals surface area contributed by atoms with Crippen molar-refractivity contribution in [2.24, 2.45) is 0 Å². The topological polar surface area (TPSA) is 65.4 Å². The zero-order valence-corrected chi connectivity index (χ0v) is 11.7. The van der Waals surface area contributed by atoms with Gasteiger partial charge in [-0.2, -0.15) is 5.26 Å². The molecule has 4 nitrogen and oxygen atoms in total. The van der Waals surface area contributed by atoms with Gasteiger partial charge in [0.1, 0.15) is 23.4 Å². The molecule has 0 aliphatic rings. The minimum Gasteiger partial charge on any atom is -0.345 e. The van der Waals surface area contributed by atoms with Gasteiger partial charge in [-0.05, 0) is 30.7 Å². The van der Waals surface area contributed by atoms with Crippen LogP contribution in [-0.4, -0.2) is 15.0 Å². The first-order chi connectivity index (χ1) is 10.1. The van der Waals surface area contributed by atoms with Crippen molar-refractivity contribution in [3.05, 3.63) is 47.2 Å². The maximum absolute atomic E-state index is 13.3. The normalized spacial score (nSPS) is 10.8. The third-order valence-electron chi connectivity index (χ3n) is 3.46. The third kappa shape index (κ3) is 2.15. The van der Waals surface area contributed by atoms with Crippen molar-refractivity contribution in [3.63, 3.8) is 0 Å². The molecular weight excluding hydrogens is 267 g/mol. The van der Waals surface area contributed by atoms with Gasteiger partial charge < -0.3 is 4.98 Å². The molecule has 21 heavy (non-hydrogen) atoms. The monoisotopic (exact) mass is 280 g/mol. The lowest BCUT2D eigenvalue weighted by molar-refractivity contribution is 0.627. The first-order valence-electron chi connectivity index (χ1n) is 6.68. The summed E-state index contributed by atoms with van der Waals surface area (Å²) in [6, 6.07) is 6.71. The van der Waals surface area contributed by atoms with Crippen molar-refractivity contribution in [1.82, 2.24) is 15.0 Å². The number of halogens is 1. The summed E-state index contributed by atoms with van der Waals surface area (Å²) in [6.07, 6.45) is 2.31. The molecule has 0 aliphatic heterocycles. The van der Waals surface area contributed by atoms with Crippen LogP contribution in [0.5, 0.6) is 0 Å². The van der Waals surface area contributed by atoms with E-state index in [0.717, 1.165) is 11.1 Å². The Balaban J connectivity index is 2.39. The summed E-state index contributed by atoms with van der Waals surface area (Å²) >= 11 is 0. The molecule has 0 saturated heterocycles. The number of rotatable bonds is 2. The molecule has 0 bridgehead atoms. The van der Waals surface area contributed by atoms with E-state index in [1.54, 1.807) is 12.3 Å². The molecule has 0 atom stereocenters. The summed E-state index contributed by atoms with van der Waals surface area (Å²) < 4.78 is 13.3. The quantitative estimate of drug-likeness (QED) is 0.781. The van der Waals surface area contributed by atoms with E-state index < -0.39 is 0 Å². The van der Waals surface area contributed by atoms with E-state index in [0.29, 0.717) is 34.5 Å². The lowest BCUT2D eigenvalue weighted by Gasteiger charge is -2.09. The second-order valence-electron chi connectivity index (χ2n) is 4.84. The number of nitrogens with one attached hydrogen (secondary N) is 1. The number of nitrogens with zero attached hydrogens (tertiary/aromatic N) is 3. The molecule has 1 aromatic carbocycles. The molecule has 0 radical (unpaired) electrons. The van der Waals surface area contributed by atoms with Crippen LogP contribution in [0.2, 0.25) is 0 Å². The van der Waals surface area contributed by atoms with Crippen LogP contribution < -0.4 is 0 Å². The highest BCUT2D eigenvalue weighted by molar-refractivity contribution is 5.96. The van der Waals surface area contributed by atoms with E-state index in [1.165, 1.54) is 12.1 Å². The summed E-state index contributed by atoms with van der Waals surface area (Å²) in [7, 11) is 0. The van der Waals surface area contributed by atoms with Crippen LogP contribution >= 0.6 is 0 Å². The Kier molecular flexibility index (Phi) is 3.15. The summed E-state index contributed by atoms with van der Waals surface area (Å²) in [6.45, 7) is 3.80. The molecule has 0 unspecified atom stereocenters. The lowest BCUT2D eigenvalue weighted by Crippen LogP contribution is -1.98. The second kappa shape index (κ2) is 4.98. The molecule has 0 spiro atoms. The van der Waals surface area contributed by atoms with Gasteiger partial charge in [-0.1, -0.05) is 6.92 Å². The molecule has 2 heterocycles. The number of aromatic nitrogens is 3. The van der Waals surface area contributed by atoms with Crippen molar-refractivity contribution in [2.45, 2.75) is 20.3 Å². The highest BCUT2D eigenvalue weighted by atomic mass is 19.1. The van der Waals surface area contributed by atoms with Gasteiger partial charge in [-0.15, -0.1) is 0 Å². The molecule has 1 N–H and O–H groups in total. The maximum atomic E-state index is 13.3. The van der Waals surface area contributed by atoms with Crippen molar-refractivity contribution < 1.29 is 4.39 Å². The van der Waals surface area contributed by atoms with E-state index in [9.17, 15) is 9.65 Å². The molecule has 0 saturated carbocycles. The highest BCUT2D eigenvalue weighted by Gasteiger charge is 2.16. The van der Waals surface area contributed by atoms with Gasteiger partial charge in [-0.25, -0.2) is 14.4 Å². The van der Waals surface area contributed by atoms with Crippen LogP contribution in [0.1, 0.15) is 23.9 Å². The molecule has 3 aromatic rings. The predicted octanol–water partition coefficient (Wildman–Crippen LogP) is 3.51. The average Bonchev–Trinajstić information content (AvgIpc) is 2.89. The zero-order chi connectivity index (χ0) is 15.0. The molecule has 5 heteroatoms. The van der Waals surface area contributed by atoms with Crippen molar-refractivity contribution in [1.29, 1.82) is 5.26 Å². The number of fused-ring (bicyclic) bond motifs is 1. The second-order valence-corrected chi connectivity index (χ2v) is 4.84. The standard InChI is InChI=1S/C16H13FN4/c1-3-13-20-15(12-5-4-11(17)6-9(12)2)14-10(7-18)8-19-16(14)21-13/h4-6,8H,3H2,1-2H3,(H,19,20,21). The number of benzene rings is 1. The maximum Gasteiger partial charge on any atom is 0.143 e. The highest BCUT2D eigenvalue weighted by Crippen LogP contribution is 2.31. The summed E-state index contributed by atoms with van der Waals surface area (Å²) in [5.41, 5.74) is 3.40. The predicted molar refractivity (Wildman–Crippen MR) is 78.1 cm³/mol. The fourth-order valence-corrected chi connectivity index (χ4v) is 2.41. The fraction of sp³-hybridized carbons (Fsp3) is 0.188. The Labute approximate surface area is 121 Å². The van der Waals surface area contributed by atoms with E-state index in [2.05, 4.69) is 21.0 Å². The summed E-state index contributed by atoms with van der Waals surface area (Å²) in [5.74, 6) is 0.402. The molecule has 0 amide bonds. The number of H-pyrrole nitrogens is 1. The molecule has 0 aliphatic carbocycles. The van der Waals surface area contributed by atoms with E-state index >= 15 is 0 Å². The minimum atomic E-state index is -0.285. The van der Waals surface area contributed by atoms with E-state index in [-0.39, 0.29) is 5.82 Å². The lowest BCUT2D eigenvalue weighted by atomic mass is 10.0. The van der Waals surface area contributed by atoms with Gasteiger partial charge in [0.25, 0.3) is 0 Å². The summed E-state index contributed by atoms with van der Waals surface area (Å²) in [4.78, 5) is 12.0. The number of nitriles is 1. The smallest absolute Gasteiger partial charge is 0.143 e. The Bertz CT molecular complexity index is 874. The van der Waals surface area contributed by atoms with Gasteiger partial charge in [-0.3, -0.25) is 0 Å². The van der Waals surface area contributed by atoms with Gasteiger partial charge in [0.2, 0.25) is 0 Å².